The zero-order valence-electron chi connectivity index (χ0n) is 10.5. The summed E-state index contributed by atoms with van der Waals surface area (Å²) in [5.41, 5.74) is 2.26. The van der Waals surface area contributed by atoms with Crippen LogP contribution in [-0.4, -0.2) is 21.8 Å². The summed E-state index contributed by atoms with van der Waals surface area (Å²) < 4.78 is 14.9. The van der Waals surface area contributed by atoms with E-state index in [2.05, 4.69) is 15.4 Å². The minimum absolute atomic E-state index is 0.364. The number of nitrogens with zero attached hydrogens (tertiary/aromatic N) is 3. The monoisotopic (exact) mass is 268 g/mol. The van der Waals surface area contributed by atoms with Gasteiger partial charge in [0.1, 0.15) is 5.82 Å². The van der Waals surface area contributed by atoms with Crippen LogP contribution in [0.3, 0.4) is 0 Å². The predicted octanol–water partition coefficient (Wildman–Crippen LogP) is 2.40. The Bertz CT molecular complexity index is 580. The molecule has 2 rings (SSSR count). The zero-order valence-corrected chi connectivity index (χ0v) is 11.2. The van der Waals surface area contributed by atoms with E-state index in [0.29, 0.717) is 17.4 Å². The average molecular weight is 269 g/mol. The fourth-order valence-electron chi connectivity index (χ4n) is 1.82. The molecule has 0 bridgehead atoms. The Morgan fingerprint density at radius 1 is 1.44 bits per heavy atom. The van der Waals surface area contributed by atoms with Gasteiger partial charge in [0.05, 0.1) is 22.6 Å². The van der Waals surface area contributed by atoms with Crippen LogP contribution in [0.4, 0.5) is 4.39 Å². The fraction of sp³-hybridized carbons (Fsp3) is 0.333. The molecule has 0 saturated heterocycles. The van der Waals surface area contributed by atoms with Crippen LogP contribution in [0.2, 0.25) is 5.02 Å². The molecule has 0 saturated carbocycles. The van der Waals surface area contributed by atoms with Gasteiger partial charge in [-0.15, -0.1) is 0 Å². The maximum Gasteiger partial charge on any atom is 0.158 e. The van der Waals surface area contributed by atoms with Crippen molar-refractivity contribution < 1.29 is 4.39 Å². The lowest BCUT2D eigenvalue weighted by Gasteiger charge is -2.09. The third-order valence-corrected chi connectivity index (χ3v) is 3.23. The molecule has 1 N–H and O–H groups in total. The van der Waals surface area contributed by atoms with Crippen molar-refractivity contribution in [2.75, 3.05) is 7.05 Å². The van der Waals surface area contributed by atoms with E-state index in [0.717, 1.165) is 17.0 Å². The second-order valence-electron chi connectivity index (χ2n) is 4.06. The third kappa shape index (κ3) is 2.23. The molecule has 2 aromatic heterocycles. The smallest absolute Gasteiger partial charge is 0.158 e. The summed E-state index contributed by atoms with van der Waals surface area (Å²) in [6.45, 7) is 4.19. The lowest BCUT2D eigenvalue weighted by atomic mass is 10.2. The van der Waals surface area contributed by atoms with Gasteiger partial charge in [0.2, 0.25) is 0 Å². The largest absolute Gasteiger partial charge is 0.316 e. The molecule has 0 radical (unpaired) electrons. The Morgan fingerprint density at radius 3 is 2.72 bits per heavy atom. The Balaban J connectivity index is 2.59. The first kappa shape index (κ1) is 13.0. The molecule has 96 valence electrons. The molecule has 0 aliphatic carbocycles. The van der Waals surface area contributed by atoms with E-state index in [-0.39, 0.29) is 5.82 Å². The van der Waals surface area contributed by atoms with Gasteiger partial charge in [-0.25, -0.2) is 14.1 Å². The van der Waals surface area contributed by atoms with E-state index in [9.17, 15) is 4.39 Å². The highest BCUT2D eigenvalue weighted by atomic mass is 35.5. The summed E-state index contributed by atoms with van der Waals surface area (Å²) in [6.07, 6.45) is 1.18. The summed E-state index contributed by atoms with van der Waals surface area (Å²) >= 11 is 6.11. The van der Waals surface area contributed by atoms with Gasteiger partial charge in [-0.05, 0) is 27.0 Å². The summed E-state index contributed by atoms with van der Waals surface area (Å²) in [6, 6.07) is 1.45. The normalized spacial score (nSPS) is 10.9. The standard InChI is InChI=1S/C12H14ClFN4/c1-7-11(13)8(2)18(17-7)12-9(5-15-3)4-10(14)6-16-12/h4,6,15H,5H2,1-3H3. The SMILES string of the molecule is CNCc1cc(F)cnc1-n1nc(C)c(Cl)c1C. The highest BCUT2D eigenvalue weighted by molar-refractivity contribution is 6.31. The minimum Gasteiger partial charge on any atom is -0.316 e. The molecule has 0 unspecified atom stereocenters. The molecule has 0 amide bonds. The fourth-order valence-corrected chi connectivity index (χ4v) is 1.93. The number of aromatic nitrogens is 3. The molecule has 0 aliphatic heterocycles. The van der Waals surface area contributed by atoms with E-state index in [1.165, 1.54) is 12.3 Å². The number of nitrogens with one attached hydrogen (secondary N) is 1. The van der Waals surface area contributed by atoms with E-state index in [1.54, 1.807) is 11.7 Å². The second kappa shape index (κ2) is 5.04. The van der Waals surface area contributed by atoms with Gasteiger partial charge in [0.15, 0.2) is 5.82 Å². The molecule has 18 heavy (non-hydrogen) atoms. The quantitative estimate of drug-likeness (QED) is 0.930. The van der Waals surface area contributed by atoms with E-state index < -0.39 is 0 Å². The van der Waals surface area contributed by atoms with Crippen LogP contribution in [0, 0.1) is 19.7 Å². The Morgan fingerprint density at radius 2 is 2.17 bits per heavy atom. The van der Waals surface area contributed by atoms with Crippen LogP contribution in [0.5, 0.6) is 0 Å². The van der Waals surface area contributed by atoms with Crippen molar-refractivity contribution in [3.8, 4) is 5.82 Å². The van der Waals surface area contributed by atoms with E-state index in [1.807, 2.05) is 13.8 Å². The molecule has 0 spiro atoms. The molecule has 0 aliphatic rings. The lowest BCUT2D eigenvalue weighted by Crippen LogP contribution is -2.12. The lowest BCUT2D eigenvalue weighted by molar-refractivity contribution is 0.612. The highest BCUT2D eigenvalue weighted by Gasteiger charge is 2.15. The number of halogens is 2. The zero-order chi connectivity index (χ0) is 13.3. The van der Waals surface area contributed by atoms with Crippen molar-refractivity contribution in [3.05, 3.63) is 40.1 Å². The number of hydrogen-bond acceptors (Lipinski definition) is 3. The van der Waals surface area contributed by atoms with Gasteiger partial charge in [-0.1, -0.05) is 11.6 Å². The van der Waals surface area contributed by atoms with Crippen molar-refractivity contribution in [2.45, 2.75) is 20.4 Å². The second-order valence-corrected chi connectivity index (χ2v) is 4.44. The van der Waals surface area contributed by atoms with Crippen LogP contribution in [0.15, 0.2) is 12.3 Å². The van der Waals surface area contributed by atoms with Crippen LogP contribution >= 0.6 is 11.6 Å². The molecule has 4 nitrogen and oxygen atoms in total. The van der Waals surface area contributed by atoms with Crippen LogP contribution in [-0.2, 0) is 6.54 Å². The van der Waals surface area contributed by atoms with Gasteiger partial charge < -0.3 is 5.32 Å². The Kier molecular flexibility index (Phi) is 3.63. The summed E-state index contributed by atoms with van der Waals surface area (Å²) in [5, 5.41) is 7.91. The third-order valence-electron chi connectivity index (χ3n) is 2.68. The van der Waals surface area contributed by atoms with Gasteiger partial charge in [-0.2, -0.15) is 5.10 Å². The number of hydrogen-bond donors (Lipinski definition) is 1. The maximum absolute atomic E-state index is 13.2. The molecule has 0 fully saturated rings. The minimum atomic E-state index is -0.364. The van der Waals surface area contributed by atoms with E-state index in [4.69, 9.17) is 11.6 Å². The topological polar surface area (TPSA) is 42.7 Å². The molecule has 2 heterocycles. The summed E-state index contributed by atoms with van der Waals surface area (Å²) in [7, 11) is 1.79. The molecule has 0 aromatic carbocycles. The number of aryl methyl sites for hydroxylation is 1. The molecule has 2 aromatic rings. The first-order valence-corrected chi connectivity index (χ1v) is 5.93. The maximum atomic E-state index is 13.2. The van der Waals surface area contributed by atoms with Crippen LogP contribution < -0.4 is 5.32 Å². The first-order chi connectivity index (χ1) is 8.54. The van der Waals surface area contributed by atoms with E-state index >= 15 is 0 Å². The van der Waals surface area contributed by atoms with Gasteiger partial charge in [-0.3, -0.25) is 0 Å². The van der Waals surface area contributed by atoms with Gasteiger partial charge >= 0.3 is 0 Å². The van der Waals surface area contributed by atoms with Crippen molar-refractivity contribution in [3.63, 3.8) is 0 Å². The molecule has 0 atom stereocenters. The predicted molar refractivity (Wildman–Crippen MR) is 68.6 cm³/mol. The van der Waals surface area contributed by atoms with Gasteiger partial charge in [0.25, 0.3) is 0 Å². The molecule has 6 heteroatoms. The Hall–Kier alpha value is -1.46. The van der Waals surface area contributed by atoms with Crippen molar-refractivity contribution in [1.29, 1.82) is 0 Å². The highest BCUT2D eigenvalue weighted by Crippen LogP contribution is 2.23. The average Bonchev–Trinajstić information content (AvgIpc) is 2.58. The first-order valence-electron chi connectivity index (χ1n) is 5.55. The molecular weight excluding hydrogens is 255 g/mol. The van der Waals surface area contributed by atoms with Crippen molar-refractivity contribution in [1.82, 2.24) is 20.1 Å². The Labute approximate surface area is 110 Å². The summed E-state index contributed by atoms with van der Waals surface area (Å²) in [4.78, 5) is 4.11. The number of rotatable bonds is 3. The van der Waals surface area contributed by atoms with Crippen molar-refractivity contribution >= 4 is 11.6 Å². The van der Waals surface area contributed by atoms with Gasteiger partial charge in [0, 0.05) is 12.1 Å². The van der Waals surface area contributed by atoms with Crippen LogP contribution in [0.1, 0.15) is 17.0 Å². The van der Waals surface area contributed by atoms with Crippen molar-refractivity contribution in [2.24, 2.45) is 0 Å². The molecular formula is C12H14ClFN4. The number of pyridine rings is 1. The summed E-state index contributed by atoms with van der Waals surface area (Å²) in [5.74, 6) is 0.231. The van der Waals surface area contributed by atoms with Crippen LogP contribution in [0.25, 0.3) is 5.82 Å².